The van der Waals surface area contributed by atoms with Crippen molar-refractivity contribution in [3.05, 3.63) is 0 Å². The van der Waals surface area contributed by atoms with E-state index >= 15 is 0 Å². The minimum absolute atomic E-state index is 0.0900. The van der Waals surface area contributed by atoms with Crippen LogP contribution < -0.4 is 0 Å². The van der Waals surface area contributed by atoms with Gasteiger partial charge in [-0.05, 0) is 12.8 Å². The number of aliphatic hydroxyl groups excluding tert-OH is 2. The van der Waals surface area contributed by atoms with Gasteiger partial charge in [0.1, 0.15) is 12.2 Å². The molecule has 0 aromatic heterocycles. The Bertz CT molecular complexity index is 276. The van der Waals surface area contributed by atoms with E-state index in [1.165, 1.54) is 0 Å². The lowest BCUT2D eigenvalue weighted by atomic mass is 9.98. The lowest BCUT2D eigenvalue weighted by molar-refractivity contribution is -0.154. The van der Waals surface area contributed by atoms with Gasteiger partial charge in [0.25, 0.3) is 0 Å². The van der Waals surface area contributed by atoms with Crippen LogP contribution in [-0.4, -0.2) is 40.3 Å². The molecule has 5 heteroatoms. The molecule has 98 valence electrons. The lowest BCUT2D eigenvalue weighted by Crippen LogP contribution is -2.33. The Morgan fingerprint density at radius 3 is 2.71 bits per heavy atom. The van der Waals surface area contributed by atoms with Gasteiger partial charge in [0, 0.05) is 19.3 Å². The number of Topliss-reactive ketones (excluding diaryl/α,β-unsaturated/α-hetero) is 1. The Labute approximate surface area is 101 Å². The third-order valence-electron chi connectivity index (χ3n) is 2.89. The standard InChI is InChI=1S/C12H20O5/c1-2-3-9-7-11(15)10(14)6-8(13)4-5-12(16)17-9/h8-9,11,13,15H,2-7H2,1H3. The molecule has 1 rings (SSSR count). The van der Waals surface area contributed by atoms with Crippen LogP contribution in [0.5, 0.6) is 0 Å². The molecule has 0 aliphatic carbocycles. The highest BCUT2D eigenvalue weighted by molar-refractivity contribution is 5.83. The minimum Gasteiger partial charge on any atom is -0.462 e. The van der Waals surface area contributed by atoms with Gasteiger partial charge in [-0.2, -0.15) is 0 Å². The normalized spacial score (nSPS) is 32.1. The Morgan fingerprint density at radius 1 is 1.35 bits per heavy atom. The van der Waals surface area contributed by atoms with Crippen molar-refractivity contribution in [3.8, 4) is 0 Å². The first-order chi connectivity index (χ1) is 8.02. The topological polar surface area (TPSA) is 83.8 Å². The number of rotatable bonds is 2. The van der Waals surface area contributed by atoms with Crippen LogP contribution in [0.3, 0.4) is 0 Å². The van der Waals surface area contributed by atoms with Crippen LogP contribution in [0.25, 0.3) is 0 Å². The smallest absolute Gasteiger partial charge is 0.306 e. The first-order valence-electron chi connectivity index (χ1n) is 6.11. The number of aliphatic hydroxyl groups is 2. The summed E-state index contributed by atoms with van der Waals surface area (Å²) in [5.74, 6) is -0.749. The summed E-state index contributed by atoms with van der Waals surface area (Å²) in [6.45, 7) is 1.95. The van der Waals surface area contributed by atoms with Crippen LogP contribution in [0, 0.1) is 0 Å². The van der Waals surface area contributed by atoms with Crippen molar-refractivity contribution in [3.63, 3.8) is 0 Å². The van der Waals surface area contributed by atoms with Crippen molar-refractivity contribution < 1.29 is 24.5 Å². The van der Waals surface area contributed by atoms with Gasteiger partial charge in [-0.25, -0.2) is 0 Å². The molecule has 1 saturated heterocycles. The summed E-state index contributed by atoms with van der Waals surface area (Å²) in [5.41, 5.74) is 0. The van der Waals surface area contributed by atoms with E-state index in [0.29, 0.717) is 6.42 Å². The van der Waals surface area contributed by atoms with Crippen molar-refractivity contribution in [2.45, 2.75) is 63.8 Å². The maximum atomic E-state index is 11.5. The van der Waals surface area contributed by atoms with Gasteiger partial charge in [0.05, 0.1) is 6.10 Å². The van der Waals surface area contributed by atoms with Crippen LogP contribution in [0.1, 0.15) is 45.4 Å². The molecule has 3 atom stereocenters. The maximum absolute atomic E-state index is 11.5. The predicted molar refractivity (Wildman–Crippen MR) is 60.3 cm³/mol. The molecular formula is C12H20O5. The molecule has 0 aromatic rings. The highest BCUT2D eigenvalue weighted by Gasteiger charge is 2.26. The second-order valence-electron chi connectivity index (χ2n) is 4.51. The summed E-state index contributed by atoms with van der Waals surface area (Å²) in [7, 11) is 0. The fraction of sp³-hybridized carbons (Fsp3) is 0.833. The van der Waals surface area contributed by atoms with Gasteiger partial charge in [-0.15, -0.1) is 0 Å². The van der Waals surface area contributed by atoms with Gasteiger partial charge < -0.3 is 14.9 Å². The van der Waals surface area contributed by atoms with E-state index in [9.17, 15) is 19.8 Å². The molecule has 0 saturated carbocycles. The molecular weight excluding hydrogens is 224 g/mol. The Kier molecular flexibility index (Phi) is 5.58. The second kappa shape index (κ2) is 6.71. The molecule has 0 spiro atoms. The van der Waals surface area contributed by atoms with E-state index < -0.39 is 18.3 Å². The molecule has 1 fully saturated rings. The molecule has 5 nitrogen and oxygen atoms in total. The molecule has 1 heterocycles. The van der Waals surface area contributed by atoms with E-state index in [1.807, 2.05) is 6.92 Å². The zero-order valence-corrected chi connectivity index (χ0v) is 10.1. The van der Waals surface area contributed by atoms with Crippen LogP contribution in [-0.2, 0) is 14.3 Å². The SMILES string of the molecule is CCCC1CC(O)C(=O)CC(O)CCC(=O)O1. The van der Waals surface area contributed by atoms with Gasteiger partial charge in [0.2, 0.25) is 0 Å². The van der Waals surface area contributed by atoms with E-state index in [2.05, 4.69) is 0 Å². The molecule has 1 aliphatic heterocycles. The maximum Gasteiger partial charge on any atom is 0.306 e. The van der Waals surface area contributed by atoms with Crippen LogP contribution in [0.15, 0.2) is 0 Å². The number of hydrogen-bond donors (Lipinski definition) is 2. The molecule has 0 bridgehead atoms. The molecule has 2 N–H and O–H groups in total. The third-order valence-corrected chi connectivity index (χ3v) is 2.89. The summed E-state index contributed by atoms with van der Waals surface area (Å²) >= 11 is 0. The number of carbonyl (C=O) groups is 2. The van der Waals surface area contributed by atoms with Gasteiger partial charge in [-0.3, -0.25) is 9.59 Å². The highest BCUT2D eigenvalue weighted by atomic mass is 16.5. The lowest BCUT2D eigenvalue weighted by Gasteiger charge is -2.22. The molecule has 17 heavy (non-hydrogen) atoms. The van der Waals surface area contributed by atoms with Gasteiger partial charge in [-0.1, -0.05) is 13.3 Å². The van der Waals surface area contributed by atoms with E-state index in [4.69, 9.17) is 4.74 Å². The second-order valence-corrected chi connectivity index (χ2v) is 4.51. The fourth-order valence-electron chi connectivity index (χ4n) is 1.93. The van der Waals surface area contributed by atoms with Gasteiger partial charge in [0.15, 0.2) is 5.78 Å². The Morgan fingerprint density at radius 2 is 2.06 bits per heavy atom. The summed E-state index contributed by atoms with van der Waals surface area (Å²) in [4.78, 5) is 22.9. The number of carbonyl (C=O) groups excluding carboxylic acids is 2. The molecule has 3 unspecified atom stereocenters. The molecule has 0 radical (unpaired) electrons. The zero-order chi connectivity index (χ0) is 12.8. The average molecular weight is 244 g/mol. The van der Waals surface area contributed by atoms with Gasteiger partial charge >= 0.3 is 5.97 Å². The van der Waals surface area contributed by atoms with Crippen molar-refractivity contribution in [1.29, 1.82) is 0 Å². The summed E-state index contributed by atoms with van der Waals surface area (Å²) < 4.78 is 5.17. The Hall–Kier alpha value is -0.940. The van der Waals surface area contributed by atoms with Crippen molar-refractivity contribution in [2.75, 3.05) is 0 Å². The van der Waals surface area contributed by atoms with Crippen LogP contribution >= 0.6 is 0 Å². The van der Waals surface area contributed by atoms with Crippen LogP contribution in [0.4, 0.5) is 0 Å². The number of hydrogen-bond acceptors (Lipinski definition) is 5. The number of cyclic esters (lactones) is 1. The minimum atomic E-state index is -1.15. The van der Waals surface area contributed by atoms with Crippen molar-refractivity contribution in [2.24, 2.45) is 0 Å². The monoisotopic (exact) mass is 244 g/mol. The van der Waals surface area contributed by atoms with Crippen molar-refractivity contribution in [1.82, 2.24) is 0 Å². The first kappa shape index (κ1) is 14.1. The number of esters is 1. The largest absolute Gasteiger partial charge is 0.462 e. The zero-order valence-electron chi connectivity index (χ0n) is 10.1. The van der Waals surface area contributed by atoms with E-state index in [0.717, 1.165) is 6.42 Å². The Balaban J connectivity index is 2.67. The summed E-state index contributed by atoms with van der Waals surface area (Å²) in [6.07, 6.45) is -0.597. The number of ether oxygens (including phenoxy) is 1. The van der Waals surface area contributed by atoms with E-state index in [1.54, 1.807) is 0 Å². The fourth-order valence-corrected chi connectivity index (χ4v) is 1.93. The molecule has 1 aliphatic rings. The quantitative estimate of drug-likeness (QED) is 0.693. The molecule has 0 aromatic carbocycles. The first-order valence-corrected chi connectivity index (χ1v) is 6.11. The average Bonchev–Trinajstić information content (AvgIpc) is 2.25. The van der Waals surface area contributed by atoms with Crippen LogP contribution in [0.2, 0.25) is 0 Å². The predicted octanol–water partition coefficient (Wildman–Crippen LogP) is 0.563. The number of ketones is 1. The summed E-state index contributed by atoms with van der Waals surface area (Å²) in [5, 5.41) is 19.1. The third kappa shape index (κ3) is 4.83. The van der Waals surface area contributed by atoms with Crippen molar-refractivity contribution >= 4 is 11.8 Å². The summed E-state index contributed by atoms with van der Waals surface area (Å²) in [6, 6.07) is 0. The molecule has 0 amide bonds. The highest BCUT2D eigenvalue weighted by Crippen LogP contribution is 2.16. The van der Waals surface area contributed by atoms with E-state index in [-0.39, 0.29) is 37.4 Å².